The highest BCUT2D eigenvalue weighted by Gasteiger charge is 2.20. The van der Waals surface area contributed by atoms with Crippen molar-refractivity contribution in [2.45, 2.75) is 31.7 Å². The molecule has 0 aliphatic carbocycles. The molecule has 1 aromatic rings. The van der Waals surface area contributed by atoms with Crippen LogP contribution in [0.2, 0.25) is 0 Å². The van der Waals surface area contributed by atoms with Crippen LogP contribution in [0.25, 0.3) is 0 Å². The summed E-state index contributed by atoms with van der Waals surface area (Å²) in [5, 5.41) is 3.59. The van der Waals surface area contributed by atoms with Crippen LogP contribution in [0.15, 0.2) is 24.3 Å². The van der Waals surface area contributed by atoms with E-state index < -0.39 is 0 Å². The lowest BCUT2D eigenvalue weighted by atomic mass is 9.93. The summed E-state index contributed by atoms with van der Waals surface area (Å²) in [6, 6.07) is 8.88. The molecule has 0 spiro atoms. The first kappa shape index (κ1) is 13.4. The summed E-state index contributed by atoms with van der Waals surface area (Å²) in [6.07, 6.45) is 2.16. The number of para-hydroxylation sites is 1. The molecular formula is C15H23NO2. The molecule has 0 saturated carbocycles. The van der Waals surface area contributed by atoms with Gasteiger partial charge in [-0.15, -0.1) is 0 Å². The molecule has 0 aromatic heterocycles. The number of hydrogen-bond donors (Lipinski definition) is 1. The number of ether oxygens (including phenoxy) is 2. The molecular weight excluding hydrogens is 226 g/mol. The minimum Gasteiger partial charge on any atom is -0.493 e. The van der Waals surface area contributed by atoms with Gasteiger partial charge in [0.1, 0.15) is 5.75 Å². The molecule has 0 amide bonds. The highest BCUT2D eigenvalue weighted by Crippen LogP contribution is 2.32. The van der Waals surface area contributed by atoms with E-state index in [4.69, 9.17) is 9.47 Å². The maximum absolute atomic E-state index is 5.68. The molecule has 18 heavy (non-hydrogen) atoms. The molecule has 1 aromatic carbocycles. The molecule has 100 valence electrons. The molecule has 1 N–H and O–H groups in total. The van der Waals surface area contributed by atoms with Crippen LogP contribution in [0.1, 0.15) is 31.2 Å². The summed E-state index contributed by atoms with van der Waals surface area (Å²) in [5.74, 6) is 1.63. The van der Waals surface area contributed by atoms with Gasteiger partial charge >= 0.3 is 0 Å². The first-order valence-corrected chi connectivity index (χ1v) is 6.75. The smallest absolute Gasteiger partial charge is 0.122 e. The summed E-state index contributed by atoms with van der Waals surface area (Å²) < 4.78 is 10.8. The Kier molecular flexibility index (Phi) is 5.02. The van der Waals surface area contributed by atoms with Crippen LogP contribution in [0.3, 0.4) is 0 Å². The Morgan fingerprint density at radius 1 is 1.44 bits per heavy atom. The van der Waals surface area contributed by atoms with Gasteiger partial charge in [-0.1, -0.05) is 18.2 Å². The number of methoxy groups -OCH3 is 1. The number of fused-ring (bicyclic) bond motifs is 1. The first-order valence-electron chi connectivity index (χ1n) is 6.75. The fourth-order valence-electron chi connectivity index (χ4n) is 2.37. The number of hydrogen-bond acceptors (Lipinski definition) is 3. The van der Waals surface area contributed by atoms with E-state index in [0.29, 0.717) is 12.0 Å². The Bertz CT molecular complexity index is 367. The zero-order chi connectivity index (χ0) is 12.8. The average molecular weight is 249 g/mol. The SMILES string of the molecule is COCCC(C)NCC1CCOc2ccccc21. The maximum atomic E-state index is 5.68. The summed E-state index contributed by atoms with van der Waals surface area (Å²) in [7, 11) is 1.75. The topological polar surface area (TPSA) is 30.5 Å². The van der Waals surface area contributed by atoms with Gasteiger partial charge in [0.2, 0.25) is 0 Å². The molecule has 0 bridgehead atoms. The summed E-state index contributed by atoms with van der Waals surface area (Å²) in [6.45, 7) is 4.88. The fourth-order valence-corrected chi connectivity index (χ4v) is 2.37. The van der Waals surface area contributed by atoms with E-state index in [0.717, 1.165) is 38.3 Å². The second-order valence-corrected chi connectivity index (χ2v) is 4.96. The predicted octanol–water partition coefficient (Wildman–Crippen LogP) is 2.57. The third kappa shape index (κ3) is 3.47. The van der Waals surface area contributed by atoms with E-state index in [1.165, 1.54) is 5.56 Å². The van der Waals surface area contributed by atoms with Gasteiger partial charge in [0.15, 0.2) is 0 Å². The molecule has 0 fully saturated rings. The number of benzene rings is 1. The molecule has 1 aliphatic heterocycles. The van der Waals surface area contributed by atoms with Crippen molar-refractivity contribution in [1.82, 2.24) is 5.32 Å². The summed E-state index contributed by atoms with van der Waals surface area (Å²) >= 11 is 0. The van der Waals surface area contributed by atoms with Crippen LogP contribution in [0.5, 0.6) is 5.75 Å². The van der Waals surface area contributed by atoms with Gasteiger partial charge in [0.25, 0.3) is 0 Å². The van der Waals surface area contributed by atoms with Gasteiger partial charge in [-0.3, -0.25) is 0 Å². The van der Waals surface area contributed by atoms with Crippen molar-refractivity contribution in [3.05, 3.63) is 29.8 Å². The molecule has 3 heteroatoms. The summed E-state index contributed by atoms with van der Waals surface area (Å²) in [5.41, 5.74) is 1.34. The standard InChI is InChI=1S/C15H23NO2/c1-12(7-9-17-2)16-11-13-8-10-18-15-6-4-3-5-14(13)15/h3-6,12-13,16H,7-11H2,1-2H3. The zero-order valence-corrected chi connectivity index (χ0v) is 11.3. The van der Waals surface area contributed by atoms with Gasteiger partial charge < -0.3 is 14.8 Å². The third-order valence-electron chi connectivity index (χ3n) is 3.55. The second-order valence-electron chi connectivity index (χ2n) is 4.96. The van der Waals surface area contributed by atoms with Crippen molar-refractivity contribution in [1.29, 1.82) is 0 Å². The van der Waals surface area contributed by atoms with Crippen molar-refractivity contribution >= 4 is 0 Å². The Hall–Kier alpha value is -1.06. The van der Waals surface area contributed by atoms with Gasteiger partial charge in [0, 0.05) is 32.2 Å². The minimum atomic E-state index is 0.500. The van der Waals surface area contributed by atoms with Crippen molar-refractivity contribution in [2.24, 2.45) is 0 Å². The first-order chi connectivity index (χ1) is 8.81. The molecule has 1 aliphatic rings. The van der Waals surface area contributed by atoms with Crippen LogP contribution in [0, 0.1) is 0 Å². The van der Waals surface area contributed by atoms with Crippen LogP contribution in [-0.4, -0.2) is 32.9 Å². The van der Waals surface area contributed by atoms with Gasteiger partial charge in [-0.05, 0) is 31.4 Å². The molecule has 2 rings (SSSR count). The third-order valence-corrected chi connectivity index (χ3v) is 3.55. The van der Waals surface area contributed by atoms with E-state index in [1.807, 2.05) is 6.07 Å². The molecule has 1 heterocycles. The van der Waals surface area contributed by atoms with Crippen LogP contribution < -0.4 is 10.1 Å². The lowest BCUT2D eigenvalue weighted by Crippen LogP contribution is -2.33. The van der Waals surface area contributed by atoms with Crippen LogP contribution in [-0.2, 0) is 4.74 Å². The van der Waals surface area contributed by atoms with E-state index in [2.05, 4.69) is 30.4 Å². The van der Waals surface area contributed by atoms with Crippen LogP contribution >= 0.6 is 0 Å². The Morgan fingerprint density at radius 3 is 3.11 bits per heavy atom. The van der Waals surface area contributed by atoms with Crippen molar-refractivity contribution in [3.63, 3.8) is 0 Å². The van der Waals surface area contributed by atoms with E-state index in [1.54, 1.807) is 7.11 Å². The highest BCUT2D eigenvalue weighted by molar-refractivity contribution is 5.37. The Balaban J connectivity index is 1.87. The maximum Gasteiger partial charge on any atom is 0.122 e. The van der Waals surface area contributed by atoms with Crippen molar-refractivity contribution < 1.29 is 9.47 Å². The van der Waals surface area contributed by atoms with E-state index >= 15 is 0 Å². The monoisotopic (exact) mass is 249 g/mol. The Morgan fingerprint density at radius 2 is 2.28 bits per heavy atom. The van der Waals surface area contributed by atoms with Gasteiger partial charge in [-0.25, -0.2) is 0 Å². The summed E-state index contributed by atoms with van der Waals surface area (Å²) in [4.78, 5) is 0. The molecule has 2 atom stereocenters. The van der Waals surface area contributed by atoms with E-state index in [-0.39, 0.29) is 0 Å². The minimum absolute atomic E-state index is 0.500. The lowest BCUT2D eigenvalue weighted by Gasteiger charge is -2.27. The van der Waals surface area contributed by atoms with Crippen LogP contribution in [0.4, 0.5) is 0 Å². The van der Waals surface area contributed by atoms with Crippen molar-refractivity contribution in [2.75, 3.05) is 26.9 Å². The predicted molar refractivity (Wildman–Crippen MR) is 73.3 cm³/mol. The quantitative estimate of drug-likeness (QED) is 0.840. The largest absolute Gasteiger partial charge is 0.493 e. The normalized spacial score (nSPS) is 20.0. The average Bonchev–Trinajstić information content (AvgIpc) is 2.42. The lowest BCUT2D eigenvalue weighted by molar-refractivity contribution is 0.183. The number of nitrogens with one attached hydrogen (secondary N) is 1. The molecule has 0 radical (unpaired) electrons. The Labute approximate surface area is 109 Å². The van der Waals surface area contributed by atoms with Gasteiger partial charge in [-0.2, -0.15) is 0 Å². The molecule has 2 unspecified atom stereocenters. The number of rotatable bonds is 6. The second kappa shape index (κ2) is 6.76. The fraction of sp³-hybridized carbons (Fsp3) is 0.600. The molecule has 3 nitrogen and oxygen atoms in total. The highest BCUT2D eigenvalue weighted by atomic mass is 16.5. The van der Waals surface area contributed by atoms with E-state index in [9.17, 15) is 0 Å². The zero-order valence-electron chi connectivity index (χ0n) is 11.3. The van der Waals surface area contributed by atoms with Gasteiger partial charge in [0.05, 0.1) is 6.61 Å². The molecule has 0 saturated heterocycles. The van der Waals surface area contributed by atoms with Crippen molar-refractivity contribution in [3.8, 4) is 5.75 Å².